The first-order valence-electron chi connectivity index (χ1n) is 6.54. The molecular weight excluding hydrogens is 210 g/mol. The summed E-state index contributed by atoms with van der Waals surface area (Å²) in [5.74, 6) is 0.400. The van der Waals surface area contributed by atoms with Gasteiger partial charge in [0.05, 0.1) is 0 Å². The molecule has 0 saturated heterocycles. The second-order valence-corrected chi connectivity index (χ2v) is 4.32. The predicted molar refractivity (Wildman–Crippen MR) is 72.3 cm³/mol. The van der Waals surface area contributed by atoms with Crippen molar-refractivity contribution < 1.29 is 4.79 Å². The van der Waals surface area contributed by atoms with Gasteiger partial charge in [0.15, 0.2) is 5.78 Å². The van der Waals surface area contributed by atoms with Crippen LogP contribution in [0.5, 0.6) is 0 Å². The molecule has 2 heteroatoms. The number of hydrogen-bond donors (Lipinski definition) is 0. The van der Waals surface area contributed by atoms with Crippen LogP contribution in [0.15, 0.2) is 30.3 Å². The van der Waals surface area contributed by atoms with Crippen molar-refractivity contribution in [3.63, 3.8) is 0 Å². The number of hydrogen-bond acceptors (Lipinski definition) is 2. The Balaban J connectivity index is 2.71. The molecule has 0 fully saturated rings. The van der Waals surface area contributed by atoms with Gasteiger partial charge in [0.2, 0.25) is 0 Å². The van der Waals surface area contributed by atoms with Crippen LogP contribution in [0.3, 0.4) is 0 Å². The first kappa shape index (κ1) is 13.9. The van der Waals surface area contributed by atoms with Gasteiger partial charge in [-0.15, -0.1) is 0 Å². The smallest absolute Gasteiger partial charge is 0.167 e. The Kier molecular flexibility index (Phi) is 5.92. The number of carbonyl (C=O) groups excluding carboxylic acids is 1. The Morgan fingerprint density at radius 3 is 2.18 bits per heavy atom. The first-order valence-corrected chi connectivity index (χ1v) is 6.54. The predicted octanol–water partition coefficient (Wildman–Crippen LogP) is 3.24. The van der Waals surface area contributed by atoms with Crippen molar-refractivity contribution in [2.24, 2.45) is 5.92 Å². The quantitative estimate of drug-likeness (QED) is 0.674. The van der Waals surface area contributed by atoms with Gasteiger partial charge >= 0.3 is 0 Å². The highest BCUT2D eigenvalue weighted by atomic mass is 16.1. The van der Waals surface area contributed by atoms with Crippen molar-refractivity contribution in [2.45, 2.75) is 27.2 Å². The van der Waals surface area contributed by atoms with Gasteiger partial charge in [-0.1, -0.05) is 51.1 Å². The third-order valence-electron chi connectivity index (χ3n) is 3.29. The highest BCUT2D eigenvalue weighted by Crippen LogP contribution is 2.14. The molecule has 0 radical (unpaired) electrons. The van der Waals surface area contributed by atoms with Gasteiger partial charge in [-0.25, -0.2) is 0 Å². The summed E-state index contributed by atoms with van der Waals surface area (Å²) >= 11 is 0. The molecule has 0 spiro atoms. The topological polar surface area (TPSA) is 20.3 Å². The molecule has 0 aliphatic rings. The maximum Gasteiger partial charge on any atom is 0.167 e. The van der Waals surface area contributed by atoms with Crippen LogP contribution in [0.2, 0.25) is 0 Å². The van der Waals surface area contributed by atoms with Gasteiger partial charge in [0.25, 0.3) is 0 Å². The van der Waals surface area contributed by atoms with E-state index in [1.807, 2.05) is 30.3 Å². The van der Waals surface area contributed by atoms with Crippen molar-refractivity contribution in [1.29, 1.82) is 0 Å². The summed E-state index contributed by atoms with van der Waals surface area (Å²) in [6, 6.07) is 9.62. The fourth-order valence-electron chi connectivity index (χ4n) is 2.03. The van der Waals surface area contributed by atoms with Crippen LogP contribution in [0, 0.1) is 5.92 Å². The van der Waals surface area contributed by atoms with E-state index >= 15 is 0 Å². The van der Waals surface area contributed by atoms with Crippen molar-refractivity contribution in [3.8, 4) is 0 Å². The van der Waals surface area contributed by atoms with E-state index in [0.717, 1.165) is 31.6 Å². The lowest BCUT2D eigenvalue weighted by molar-refractivity contribution is 0.0880. The summed E-state index contributed by atoms with van der Waals surface area (Å²) in [5, 5.41) is 0. The zero-order valence-corrected chi connectivity index (χ0v) is 11.1. The zero-order valence-electron chi connectivity index (χ0n) is 11.1. The molecule has 0 amide bonds. The Bertz CT molecular complexity index is 330. The summed E-state index contributed by atoms with van der Waals surface area (Å²) in [6.07, 6.45) is 0.907. The van der Waals surface area contributed by atoms with E-state index in [1.165, 1.54) is 0 Å². The van der Waals surface area contributed by atoms with Crippen molar-refractivity contribution >= 4 is 5.78 Å². The van der Waals surface area contributed by atoms with E-state index in [2.05, 4.69) is 25.7 Å². The largest absolute Gasteiger partial charge is 0.303 e. The standard InChI is InChI=1S/C15H23NO/c1-4-13(12-16(5-2)6-3)15(17)14-10-8-7-9-11-14/h7-11,13H,4-6,12H2,1-3H3/t13-/m1/s1. The number of rotatable bonds is 7. The molecule has 0 N–H and O–H groups in total. The van der Waals surface area contributed by atoms with Crippen LogP contribution in [0.1, 0.15) is 37.6 Å². The molecule has 0 aromatic heterocycles. The van der Waals surface area contributed by atoms with Crippen molar-refractivity contribution in [1.82, 2.24) is 4.90 Å². The lowest BCUT2D eigenvalue weighted by Crippen LogP contribution is -2.32. The molecule has 17 heavy (non-hydrogen) atoms. The van der Waals surface area contributed by atoms with Gasteiger partial charge in [0.1, 0.15) is 0 Å². The van der Waals surface area contributed by atoms with Crippen molar-refractivity contribution in [2.75, 3.05) is 19.6 Å². The van der Waals surface area contributed by atoms with Gasteiger partial charge in [-0.05, 0) is 19.5 Å². The summed E-state index contributed by atoms with van der Waals surface area (Å²) < 4.78 is 0. The highest BCUT2D eigenvalue weighted by Gasteiger charge is 2.19. The van der Waals surface area contributed by atoms with E-state index in [4.69, 9.17) is 0 Å². The van der Waals surface area contributed by atoms with E-state index in [9.17, 15) is 4.79 Å². The minimum atomic E-state index is 0.122. The fraction of sp³-hybridized carbons (Fsp3) is 0.533. The number of ketones is 1. The second kappa shape index (κ2) is 7.23. The Hall–Kier alpha value is -1.15. The normalized spacial score (nSPS) is 12.7. The van der Waals surface area contributed by atoms with Gasteiger partial charge in [-0.3, -0.25) is 4.79 Å². The van der Waals surface area contributed by atoms with E-state index in [0.29, 0.717) is 0 Å². The van der Waals surface area contributed by atoms with E-state index in [-0.39, 0.29) is 11.7 Å². The molecule has 94 valence electrons. The Morgan fingerprint density at radius 1 is 1.12 bits per heavy atom. The van der Waals surface area contributed by atoms with Gasteiger partial charge in [-0.2, -0.15) is 0 Å². The molecule has 1 rings (SSSR count). The van der Waals surface area contributed by atoms with Crippen LogP contribution < -0.4 is 0 Å². The van der Waals surface area contributed by atoms with Crippen LogP contribution in [0.25, 0.3) is 0 Å². The zero-order chi connectivity index (χ0) is 12.7. The molecule has 0 saturated carbocycles. The molecule has 0 unspecified atom stereocenters. The Morgan fingerprint density at radius 2 is 1.71 bits per heavy atom. The summed E-state index contributed by atoms with van der Waals surface area (Å²) in [5.41, 5.74) is 0.839. The molecule has 2 nitrogen and oxygen atoms in total. The maximum atomic E-state index is 12.3. The number of Topliss-reactive ketones (excluding diaryl/α,β-unsaturated/α-hetero) is 1. The molecular formula is C15H23NO. The first-order chi connectivity index (χ1) is 8.22. The monoisotopic (exact) mass is 233 g/mol. The molecule has 0 aliphatic heterocycles. The Labute approximate surface area is 105 Å². The average molecular weight is 233 g/mol. The molecule has 1 aromatic rings. The summed E-state index contributed by atoms with van der Waals surface area (Å²) in [6.45, 7) is 9.27. The highest BCUT2D eigenvalue weighted by molar-refractivity contribution is 5.97. The third kappa shape index (κ3) is 3.97. The number of carbonyl (C=O) groups is 1. The third-order valence-corrected chi connectivity index (χ3v) is 3.29. The van der Waals surface area contributed by atoms with Gasteiger partial charge < -0.3 is 4.90 Å². The molecule has 1 aromatic carbocycles. The van der Waals surface area contributed by atoms with Crippen LogP contribution in [0.4, 0.5) is 0 Å². The molecule has 0 bridgehead atoms. The average Bonchev–Trinajstić information content (AvgIpc) is 2.40. The summed E-state index contributed by atoms with van der Waals surface area (Å²) in [4.78, 5) is 14.6. The SMILES string of the molecule is CC[C@H](CN(CC)CC)C(=O)c1ccccc1. The minimum absolute atomic E-state index is 0.122. The van der Waals surface area contributed by atoms with Gasteiger partial charge in [0, 0.05) is 18.0 Å². The molecule has 1 atom stereocenters. The van der Waals surface area contributed by atoms with Crippen molar-refractivity contribution in [3.05, 3.63) is 35.9 Å². The van der Waals surface area contributed by atoms with E-state index in [1.54, 1.807) is 0 Å². The van der Waals surface area contributed by atoms with E-state index < -0.39 is 0 Å². The second-order valence-electron chi connectivity index (χ2n) is 4.32. The molecule has 0 heterocycles. The maximum absolute atomic E-state index is 12.3. The molecule has 0 aliphatic carbocycles. The number of benzene rings is 1. The lowest BCUT2D eigenvalue weighted by Gasteiger charge is -2.23. The van der Waals surface area contributed by atoms with Crippen LogP contribution in [-0.2, 0) is 0 Å². The number of nitrogens with zero attached hydrogens (tertiary/aromatic N) is 1. The van der Waals surface area contributed by atoms with Crippen LogP contribution in [-0.4, -0.2) is 30.3 Å². The van der Waals surface area contributed by atoms with Crippen LogP contribution >= 0.6 is 0 Å². The fourth-order valence-corrected chi connectivity index (χ4v) is 2.03. The lowest BCUT2D eigenvalue weighted by atomic mass is 9.94. The summed E-state index contributed by atoms with van der Waals surface area (Å²) in [7, 11) is 0. The minimum Gasteiger partial charge on any atom is -0.303 e.